The number of hydrogen-bond donors (Lipinski definition) is 2. The van der Waals surface area contributed by atoms with Gasteiger partial charge in [-0.15, -0.1) is 0 Å². The first kappa shape index (κ1) is 10.4. The van der Waals surface area contributed by atoms with Crippen molar-refractivity contribution in [3.05, 3.63) is 0 Å². The van der Waals surface area contributed by atoms with Crippen LogP contribution in [-0.2, 0) is 0 Å². The minimum atomic E-state index is 0.586. The molecule has 3 heteroatoms. The summed E-state index contributed by atoms with van der Waals surface area (Å²) in [5.41, 5.74) is 5.38. The maximum Gasteiger partial charge on any atom is 0.0905 e. The van der Waals surface area contributed by atoms with Gasteiger partial charge in [0.05, 0.1) is 5.84 Å². The van der Waals surface area contributed by atoms with Gasteiger partial charge in [0.2, 0.25) is 0 Å². The van der Waals surface area contributed by atoms with E-state index >= 15 is 0 Å². The smallest absolute Gasteiger partial charge is 0.0905 e. The van der Waals surface area contributed by atoms with Crippen molar-refractivity contribution in [1.29, 1.82) is 0 Å². The Morgan fingerprint density at radius 1 is 1.64 bits per heavy atom. The van der Waals surface area contributed by atoms with Crippen LogP contribution in [0.3, 0.4) is 0 Å². The average molecular weight is 157 g/mol. The molecule has 66 valence electrons. The first-order chi connectivity index (χ1) is 5.16. The molecule has 0 aromatic heterocycles. The molecule has 0 aliphatic heterocycles. The minimum Gasteiger partial charge on any atom is -0.388 e. The summed E-state index contributed by atoms with van der Waals surface area (Å²) >= 11 is 0. The Labute approximate surface area is 69.1 Å². The fourth-order valence-electron chi connectivity index (χ4n) is 0.797. The molecule has 0 heterocycles. The van der Waals surface area contributed by atoms with Crippen LogP contribution in [-0.4, -0.2) is 25.5 Å². The van der Waals surface area contributed by atoms with Gasteiger partial charge in [0.15, 0.2) is 0 Å². The molecule has 1 unspecified atom stereocenters. The summed E-state index contributed by atoms with van der Waals surface area (Å²) in [6.45, 7) is 4.84. The third-order valence-corrected chi connectivity index (χ3v) is 1.65. The molecular weight excluding hydrogens is 138 g/mol. The summed E-state index contributed by atoms with van der Waals surface area (Å²) in [4.78, 5) is 4.10. The lowest BCUT2D eigenvalue weighted by Gasteiger charge is -2.07. The van der Waals surface area contributed by atoms with Crippen LogP contribution in [0.15, 0.2) is 4.99 Å². The van der Waals surface area contributed by atoms with Crippen molar-refractivity contribution in [1.82, 2.24) is 5.32 Å². The standard InChI is InChI=1S/C8H19N3/c1-7(10-3)5-4-6-11-8(2)9/h7,10H,4-6H2,1-3H3,(H2,9,11). The molecule has 0 saturated carbocycles. The number of aliphatic imine (C=N–C) groups is 1. The van der Waals surface area contributed by atoms with Crippen LogP contribution < -0.4 is 11.1 Å². The highest BCUT2D eigenvalue weighted by Gasteiger charge is 1.95. The van der Waals surface area contributed by atoms with Crippen LogP contribution in [0, 0.1) is 0 Å². The third kappa shape index (κ3) is 7.33. The number of nitrogens with one attached hydrogen (secondary N) is 1. The maximum absolute atomic E-state index is 5.38. The van der Waals surface area contributed by atoms with Crippen LogP contribution in [0.25, 0.3) is 0 Å². The highest BCUT2D eigenvalue weighted by atomic mass is 14.9. The van der Waals surface area contributed by atoms with Crippen molar-refractivity contribution in [2.75, 3.05) is 13.6 Å². The maximum atomic E-state index is 5.38. The van der Waals surface area contributed by atoms with E-state index in [9.17, 15) is 0 Å². The third-order valence-electron chi connectivity index (χ3n) is 1.65. The van der Waals surface area contributed by atoms with E-state index in [1.54, 1.807) is 0 Å². The molecule has 0 bridgehead atoms. The Bertz CT molecular complexity index is 117. The summed E-state index contributed by atoms with van der Waals surface area (Å²) < 4.78 is 0. The predicted octanol–water partition coefficient (Wildman–Crippen LogP) is 0.752. The fraction of sp³-hybridized carbons (Fsp3) is 0.875. The lowest BCUT2D eigenvalue weighted by molar-refractivity contribution is 0.546. The van der Waals surface area contributed by atoms with E-state index in [0.29, 0.717) is 11.9 Å². The van der Waals surface area contributed by atoms with Crippen molar-refractivity contribution in [2.45, 2.75) is 32.7 Å². The predicted molar refractivity (Wildman–Crippen MR) is 49.9 cm³/mol. The number of amidine groups is 1. The summed E-state index contributed by atoms with van der Waals surface area (Å²) in [5, 5.41) is 3.17. The fourth-order valence-corrected chi connectivity index (χ4v) is 0.797. The van der Waals surface area contributed by atoms with E-state index in [1.165, 1.54) is 0 Å². The normalized spacial score (nSPS) is 15.0. The molecule has 0 aliphatic carbocycles. The number of rotatable bonds is 5. The zero-order chi connectivity index (χ0) is 8.69. The van der Waals surface area contributed by atoms with Crippen molar-refractivity contribution in [3.8, 4) is 0 Å². The monoisotopic (exact) mass is 157 g/mol. The molecular formula is C8H19N3. The molecule has 0 fully saturated rings. The molecule has 1 atom stereocenters. The Morgan fingerprint density at radius 2 is 2.27 bits per heavy atom. The SMILES string of the molecule is CNC(C)CCCN=C(C)N. The van der Waals surface area contributed by atoms with Gasteiger partial charge in [-0.3, -0.25) is 4.99 Å². The second kappa shape index (κ2) is 6.16. The van der Waals surface area contributed by atoms with Gasteiger partial charge in [-0.1, -0.05) is 0 Å². The van der Waals surface area contributed by atoms with Crippen LogP contribution in [0.4, 0.5) is 0 Å². The van der Waals surface area contributed by atoms with Crippen LogP contribution in [0.5, 0.6) is 0 Å². The molecule has 0 aromatic rings. The van der Waals surface area contributed by atoms with Gasteiger partial charge >= 0.3 is 0 Å². The molecule has 0 aliphatic rings. The van der Waals surface area contributed by atoms with E-state index < -0.39 is 0 Å². The van der Waals surface area contributed by atoms with E-state index in [0.717, 1.165) is 19.4 Å². The van der Waals surface area contributed by atoms with Gasteiger partial charge in [-0.2, -0.15) is 0 Å². The molecule has 0 radical (unpaired) electrons. The van der Waals surface area contributed by atoms with E-state index in [1.807, 2.05) is 14.0 Å². The molecule has 11 heavy (non-hydrogen) atoms. The summed E-state index contributed by atoms with van der Waals surface area (Å²) in [5.74, 6) is 0.683. The van der Waals surface area contributed by atoms with E-state index in [-0.39, 0.29) is 0 Å². The van der Waals surface area contributed by atoms with E-state index in [4.69, 9.17) is 5.73 Å². The molecule has 0 aromatic carbocycles. The van der Waals surface area contributed by atoms with Gasteiger partial charge in [0.25, 0.3) is 0 Å². The second-order valence-corrected chi connectivity index (χ2v) is 2.86. The average Bonchev–Trinajstić information content (AvgIpc) is 1.97. The molecule has 0 saturated heterocycles. The van der Waals surface area contributed by atoms with Crippen molar-refractivity contribution in [3.63, 3.8) is 0 Å². The van der Waals surface area contributed by atoms with Gasteiger partial charge in [0.1, 0.15) is 0 Å². The largest absolute Gasteiger partial charge is 0.388 e. The van der Waals surface area contributed by atoms with Gasteiger partial charge in [0, 0.05) is 12.6 Å². The van der Waals surface area contributed by atoms with Crippen molar-refractivity contribution in [2.24, 2.45) is 10.7 Å². The van der Waals surface area contributed by atoms with Gasteiger partial charge in [-0.05, 0) is 33.7 Å². The minimum absolute atomic E-state index is 0.586. The summed E-state index contributed by atoms with van der Waals surface area (Å²) in [6, 6.07) is 0.586. The Kier molecular flexibility index (Phi) is 5.84. The molecule has 3 nitrogen and oxygen atoms in total. The Balaban J connectivity index is 3.21. The highest BCUT2D eigenvalue weighted by molar-refractivity contribution is 5.77. The van der Waals surface area contributed by atoms with E-state index in [2.05, 4.69) is 17.2 Å². The van der Waals surface area contributed by atoms with Crippen LogP contribution >= 0.6 is 0 Å². The van der Waals surface area contributed by atoms with Gasteiger partial charge < -0.3 is 11.1 Å². The topological polar surface area (TPSA) is 50.4 Å². The summed E-state index contributed by atoms with van der Waals surface area (Å²) in [6.07, 6.45) is 2.27. The first-order valence-corrected chi connectivity index (χ1v) is 4.10. The molecule has 0 rings (SSSR count). The Morgan fingerprint density at radius 3 is 2.73 bits per heavy atom. The highest BCUT2D eigenvalue weighted by Crippen LogP contribution is 1.95. The molecule has 3 N–H and O–H groups in total. The number of nitrogens with two attached hydrogens (primary N) is 1. The zero-order valence-electron chi connectivity index (χ0n) is 7.72. The number of nitrogens with zero attached hydrogens (tertiary/aromatic N) is 1. The molecule has 0 spiro atoms. The zero-order valence-corrected chi connectivity index (χ0v) is 7.72. The van der Waals surface area contributed by atoms with Crippen LogP contribution in [0.2, 0.25) is 0 Å². The van der Waals surface area contributed by atoms with Crippen LogP contribution in [0.1, 0.15) is 26.7 Å². The molecule has 0 amide bonds. The first-order valence-electron chi connectivity index (χ1n) is 4.10. The van der Waals surface area contributed by atoms with Crippen molar-refractivity contribution < 1.29 is 0 Å². The lowest BCUT2D eigenvalue weighted by Crippen LogP contribution is -2.21. The second-order valence-electron chi connectivity index (χ2n) is 2.86. The Hall–Kier alpha value is -0.570. The van der Waals surface area contributed by atoms with Gasteiger partial charge in [-0.25, -0.2) is 0 Å². The quantitative estimate of drug-likeness (QED) is 0.351. The summed E-state index contributed by atoms with van der Waals surface area (Å²) in [7, 11) is 1.97. The van der Waals surface area contributed by atoms with Crippen molar-refractivity contribution >= 4 is 5.84 Å². The lowest BCUT2D eigenvalue weighted by atomic mass is 10.2. The number of hydrogen-bond acceptors (Lipinski definition) is 2.